The minimum Gasteiger partial charge on any atom is -0.354 e. The van der Waals surface area contributed by atoms with Crippen LogP contribution < -0.4 is 9.62 Å². The van der Waals surface area contributed by atoms with Gasteiger partial charge in [0, 0.05) is 42.3 Å². The van der Waals surface area contributed by atoms with Gasteiger partial charge >= 0.3 is 0 Å². The van der Waals surface area contributed by atoms with Crippen LogP contribution in [0.3, 0.4) is 0 Å². The van der Waals surface area contributed by atoms with Gasteiger partial charge in [-0.3, -0.25) is 13.9 Å². The van der Waals surface area contributed by atoms with E-state index in [1.807, 2.05) is 85.8 Å². The molecule has 7 nitrogen and oxygen atoms in total. The van der Waals surface area contributed by atoms with E-state index in [9.17, 15) is 18.0 Å². The van der Waals surface area contributed by atoms with Crippen LogP contribution in [0.15, 0.2) is 100 Å². The lowest BCUT2D eigenvalue weighted by Crippen LogP contribution is -2.50. The molecule has 0 aliphatic carbocycles. The highest BCUT2D eigenvalue weighted by atomic mass is 79.9. The van der Waals surface area contributed by atoms with Crippen molar-refractivity contribution in [1.29, 1.82) is 0 Å². The second kappa shape index (κ2) is 13.1. The van der Waals surface area contributed by atoms with Crippen LogP contribution in [0.2, 0.25) is 0 Å². The lowest BCUT2D eigenvalue weighted by molar-refractivity contribution is -0.141. The first-order valence-electron chi connectivity index (χ1n) is 14.2. The molecule has 9 heteroatoms. The van der Waals surface area contributed by atoms with Crippen molar-refractivity contribution in [1.82, 2.24) is 10.2 Å². The van der Waals surface area contributed by atoms with Gasteiger partial charge in [0.05, 0.1) is 10.6 Å². The summed E-state index contributed by atoms with van der Waals surface area (Å²) in [5.41, 5.74) is 2.49. The summed E-state index contributed by atoms with van der Waals surface area (Å²) >= 11 is 3.51. The predicted octanol–water partition coefficient (Wildman–Crippen LogP) is 6.06. The topological polar surface area (TPSA) is 86.8 Å². The molecule has 5 rings (SSSR count). The number of nitrogens with one attached hydrogen (secondary N) is 1. The second-order valence-corrected chi connectivity index (χ2v) is 13.2. The third kappa shape index (κ3) is 6.37. The number of sulfonamides is 1. The van der Waals surface area contributed by atoms with Crippen molar-refractivity contribution in [2.75, 3.05) is 17.4 Å². The van der Waals surface area contributed by atoms with Gasteiger partial charge in [0.1, 0.15) is 6.04 Å². The van der Waals surface area contributed by atoms with E-state index in [4.69, 9.17) is 0 Å². The number of carbonyl (C=O) groups is 2. The van der Waals surface area contributed by atoms with E-state index in [0.717, 1.165) is 32.8 Å². The van der Waals surface area contributed by atoms with Crippen LogP contribution in [0.4, 0.5) is 5.69 Å². The van der Waals surface area contributed by atoms with Crippen molar-refractivity contribution in [2.24, 2.45) is 0 Å². The molecule has 1 aliphatic heterocycles. The number of halogens is 1. The standard InChI is InChI=1S/C33H34BrN3O4S/c1-2-19-35-33(39)29(22-24-10-4-3-5-11-24)36(23-25-12-6-15-27(34)21-25)31(38)18-9-20-37-28-16-7-13-26-14-8-17-30(32(26)28)42(37,40)41/h3-8,10-17,21,29H,2,9,18-20,22-23H2,1H3,(H,35,39)/t29-/m0/s1. The van der Waals surface area contributed by atoms with Gasteiger partial charge in [-0.1, -0.05) is 89.6 Å². The summed E-state index contributed by atoms with van der Waals surface area (Å²) in [6, 6.07) is 27.5. The molecule has 1 atom stereocenters. The van der Waals surface area contributed by atoms with Crippen LogP contribution in [-0.4, -0.2) is 44.3 Å². The molecule has 1 N–H and O–H groups in total. The van der Waals surface area contributed by atoms with Gasteiger partial charge < -0.3 is 10.2 Å². The fraction of sp³-hybridized carbons (Fsp3) is 0.273. The molecule has 0 fully saturated rings. The average Bonchev–Trinajstić information content (AvgIpc) is 3.21. The molecule has 0 radical (unpaired) electrons. The Balaban J connectivity index is 1.39. The monoisotopic (exact) mass is 647 g/mol. The molecule has 1 aliphatic rings. The Morgan fingerprint density at radius 1 is 0.929 bits per heavy atom. The van der Waals surface area contributed by atoms with Crippen LogP contribution in [0.5, 0.6) is 0 Å². The molecule has 0 saturated heterocycles. The Bertz CT molecular complexity index is 1690. The highest BCUT2D eigenvalue weighted by molar-refractivity contribution is 9.10. The summed E-state index contributed by atoms with van der Waals surface area (Å²) in [7, 11) is -3.71. The van der Waals surface area contributed by atoms with Crippen molar-refractivity contribution < 1.29 is 18.0 Å². The Hall–Kier alpha value is -3.69. The van der Waals surface area contributed by atoms with Crippen molar-refractivity contribution >= 4 is 54.2 Å². The molecule has 218 valence electrons. The molecule has 1 heterocycles. The molecule has 2 amide bonds. The Labute approximate surface area is 255 Å². The number of hydrogen-bond donors (Lipinski definition) is 1. The van der Waals surface area contributed by atoms with Gasteiger partial charge in [0.25, 0.3) is 10.0 Å². The van der Waals surface area contributed by atoms with E-state index in [1.54, 1.807) is 17.0 Å². The van der Waals surface area contributed by atoms with Gasteiger partial charge in [0.15, 0.2) is 0 Å². The van der Waals surface area contributed by atoms with Crippen molar-refractivity contribution in [3.05, 3.63) is 107 Å². The number of anilines is 1. The molecule has 0 aromatic heterocycles. The Morgan fingerprint density at radius 2 is 1.64 bits per heavy atom. The molecule has 4 aromatic rings. The summed E-state index contributed by atoms with van der Waals surface area (Å²) < 4.78 is 29.1. The van der Waals surface area contributed by atoms with E-state index >= 15 is 0 Å². The molecule has 4 aromatic carbocycles. The highest BCUT2D eigenvalue weighted by Gasteiger charge is 2.36. The molecular formula is C33H34BrN3O4S. The highest BCUT2D eigenvalue weighted by Crippen LogP contribution is 2.42. The van der Waals surface area contributed by atoms with E-state index < -0.39 is 16.1 Å². The Kier molecular flexibility index (Phi) is 9.28. The maximum Gasteiger partial charge on any atom is 0.265 e. The summed E-state index contributed by atoms with van der Waals surface area (Å²) in [4.78, 5) is 29.4. The number of benzene rings is 4. The quantitative estimate of drug-likeness (QED) is 0.203. The molecule has 0 spiro atoms. The van der Waals surface area contributed by atoms with Crippen LogP contribution in [-0.2, 0) is 32.6 Å². The second-order valence-electron chi connectivity index (χ2n) is 10.5. The largest absolute Gasteiger partial charge is 0.354 e. The van der Waals surface area contributed by atoms with E-state index in [1.165, 1.54) is 4.31 Å². The lowest BCUT2D eigenvalue weighted by Gasteiger charge is -2.32. The molecule has 0 unspecified atom stereocenters. The Morgan fingerprint density at radius 3 is 2.38 bits per heavy atom. The summed E-state index contributed by atoms with van der Waals surface area (Å²) in [5.74, 6) is -0.400. The zero-order valence-corrected chi connectivity index (χ0v) is 25.9. The van der Waals surface area contributed by atoms with E-state index in [0.29, 0.717) is 30.0 Å². The number of nitrogens with zero attached hydrogens (tertiary/aromatic N) is 2. The zero-order valence-electron chi connectivity index (χ0n) is 23.5. The van der Waals surface area contributed by atoms with Crippen LogP contribution in [0.1, 0.15) is 37.3 Å². The minimum atomic E-state index is -3.71. The molecular weight excluding hydrogens is 614 g/mol. The summed E-state index contributed by atoms with van der Waals surface area (Å²) in [6.45, 7) is 2.92. The number of amides is 2. The number of carbonyl (C=O) groups excluding carboxylic acids is 2. The molecule has 42 heavy (non-hydrogen) atoms. The maximum absolute atomic E-state index is 14.0. The fourth-order valence-corrected chi connectivity index (χ4v) is 7.66. The first kappa shape index (κ1) is 29.8. The van der Waals surface area contributed by atoms with Crippen LogP contribution in [0.25, 0.3) is 10.8 Å². The van der Waals surface area contributed by atoms with Crippen molar-refractivity contribution in [2.45, 2.75) is 50.1 Å². The van der Waals surface area contributed by atoms with Gasteiger partial charge in [-0.05, 0) is 53.6 Å². The van der Waals surface area contributed by atoms with Gasteiger partial charge in [0.2, 0.25) is 11.8 Å². The van der Waals surface area contributed by atoms with Gasteiger partial charge in [-0.25, -0.2) is 8.42 Å². The number of hydrogen-bond acceptors (Lipinski definition) is 4. The van der Waals surface area contributed by atoms with E-state index in [-0.39, 0.29) is 31.3 Å². The predicted molar refractivity (Wildman–Crippen MR) is 170 cm³/mol. The SMILES string of the molecule is CCCNC(=O)[C@H](Cc1ccccc1)N(Cc1cccc(Br)c1)C(=O)CCCN1c2cccc3cccc(c23)S1(=O)=O. The third-order valence-electron chi connectivity index (χ3n) is 7.50. The number of rotatable bonds is 12. The van der Waals surface area contributed by atoms with Crippen molar-refractivity contribution in [3.63, 3.8) is 0 Å². The summed E-state index contributed by atoms with van der Waals surface area (Å²) in [6.07, 6.45) is 1.56. The lowest BCUT2D eigenvalue weighted by atomic mass is 10.0. The van der Waals surface area contributed by atoms with Crippen molar-refractivity contribution in [3.8, 4) is 0 Å². The maximum atomic E-state index is 14.0. The molecule has 0 saturated carbocycles. The first-order chi connectivity index (χ1) is 20.3. The normalized spacial score (nSPS) is 14.1. The minimum absolute atomic E-state index is 0.0959. The van der Waals surface area contributed by atoms with Gasteiger partial charge in [-0.2, -0.15) is 0 Å². The third-order valence-corrected chi connectivity index (χ3v) is 9.84. The van der Waals surface area contributed by atoms with Gasteiger partial charge in [-0.15, -0.1) is 0 Å². The first-order valence-corrected chi connectivity index (χ1v) is 16.4. The molecule has 0 bridgehead atoms. The zero-order chi connectivity index (χ0) is 29.7. The fourth-order valence-electron chi connectivity index (χ4n) is 5.47. The summed E-state index contributed by atoms with van der Waals surface area (Å²) in [5, 5.41) is 4.58. The smallest absolute Gasteiger partial charge is 0.265 e. The van der Waals surface area contributed by atoms with E-state index in [2.05, 4.69) is 21.2 Å². The van der Waals surface area contributed by atoms with Crippen LogP contribution in [0, 0.1) is 0 Å². The van der Waals surface area contributed by atoms with Crippen LogP contribution >= 0.6 is 15.9 Å². The average molecular weight is 649 g/mol.